The molecular formula is C15H19F3N2O3S. The number of hydrogen-bond acceptors (Lipinski definition) is 4. The molecule has 0 saturated carbocycles. The van der Waals surface area contributed by atoms with E-state index in [0.717, 1.165) is 6.42 Å². The fourth-order valence-corrected chi connectivity index (χ4v) is 3.20. The summed E-state index contributed by atoms with van der Waals surface area (Å²) in [7, 11) is 0. The molecule has 0 radical (unpaired) electrons. The quantitative estimate of drug-likeness (QED) is 0.788. The van der Waals surface area contributed by atoms with E-state index in [9.17, 15) is 22.8 Å². The number of hydrogen-bond donors (Lipinski definition) is 1. The van der Waals surface area contributed by atoms with E-state index in [0.29, 0.717) is 24.4 Å². The second-order valence-electron chi connectivity index (χ2n) is 5.53. The minimum absolute atomic E-state index is 0.0181. The second-order valence-corrected chi connectivity index (χ2v) is 6.47. The van der Waals surface area contributed by atoms with Crippen molar-refractivity contribution in [2.24, 2.45) is 5.92 Å². The molecule has 1 N–H and O–H groups in total. The van der Waals surface area contributed by atoms with Crippen LogP contribution in [0.4, 0.5) is 13.2 Å². The lowest BCUT2D eigenvalue weighted by molar-refractivity contribution is -0.173. The zero-order chi connectivity index (χ0) is 17.6. The van der Waals surface area contributed by atoms with Gasteiger partial charge in [0.2, 0.25) is 5.91 Å². The first-order valence-corrected chi connectivity index (χ1v) is 8.50. The Labute approximate surface area is 141 Å². The van der Waals surface area contributed by atoms with Gasteiger partial charge in [-0.15, -0.1) is 11.3 Å². The summed E-state index contributed by atoms with van der Waals surface area (Å²) < 4.78 is 40.2. The number of nitrogens with zero attached hydrogens (tertiary/aromatic N) is 1. The number of carbonyl (C=O) groups is 2. The number of carbonyl (C=O) groups excluding carboxylic acids is 2. The number of nitrogens with one attached hydrogen (secondary N) is 1. The van der Waals surface area contributed by atoms with Crippen molar-refractivity contribution in [3.8, 4) is 0 Å². The van der Waals surface area contributed by atoms with Gasteiger partial charge in [-0.2, -0.15) is 13.2 Å². The van der Waals surface area contributed by atoms with Crippen molar-refractivity contribution < 1.29 is 27.5 Å². The van der Waals surface area contributed by atoms with E-state index in [1.807, 2.05) is 5.38 Å². The van der Waals surface area contributed by atoms with E-state index in [2.05, 4.69) is 10.1 Å². The van der Waals surface area contributed by atoms with Crippen LogP contribution in [0.5, 0.6) is 0 Å². The SMILES string of the molecule is O=C(NCCOCC(F)(F)F)C1CCCN(C(=O)c2cccs2)C1. The van der Waals surface area contributed by atoms with Gasteiger partial charge in [0, 0.05) is 19.6 Å². The summed E-state index contributed by atoms with van der Waals surface area (Å²) in [5, 5.41) is 4.39. The van der Waals surface area contributed by atoms with Gasteiger partial charge >= 0.3 is 6.18 Å². The zero-order valence-corrected chi connectivity index (χ0v) is 13.8. The predicted molar refractivity (Wildman–Crippen MR) is 82.8 cm³/mol. The molecule has 1 unspecified atom stereocenters. The van der Waals surface area contributed by atoms with Gasteiger partial charge in [-0.3, -0.25) is 9.59 Å². The predicted octanol–water partition coefficient (Wildman–Crippen LogP) is 2.30. The van der Waals surface area contributed by atoms with Crippen molar-refractivity contribution in [2.75, 3.05) is 32.8 Å². The smallest absolute Gasteiger partial charge is 0.370 e. The molecule has 9 heteroatoms. The van der Waals surface area contributed by atoms with Gasteiger partial charge in [0.15, 0.2) is 0 Å². The Morgan fingerprint density at radius 3 is 2.88 bits per heavy atom. The van der Waals surface area contributed by atoms with E-state index >= 15 is 0 Å². The van der Waals surface area contributed by atoms with Crippen LogP contribution in [-0.4, -0.2) is 55.7 Å². The summed E-state index contributed by atoms with van der Waals surface area (Å²) in [5.41, 5.74) is 0. The molecule has 1 aliphatic heterocycles. The molecule has 2 rings (SSSR count). The van der Waals surface area contributed by atoms with E-state index < -0.39 is 12.8 Å². The molecule has 0 aromatic carbocycles. The molecule has 2 heterocycles. The topological polar surface area (TPSA) is 58.6 Å². The molecule has 0 aliphatic carbocycles. The number of piperidine rings is 1. The lowest BCUT2D eigenvalue weighted by Crippen LogP contribution is -2.45. The van der Waals surface area contributed by atoms with Crippen LogP contribution in [0.25, 0.3) is 0 Å². The number of alkyl halides is 3. The Balaban J connectivity index is 1.73. The standard InChI is InChI=1S/C15H19F3N2O3S/c16-15(17,18)10-23-7-5-19-13(21)11-3-1-6-20(9-11)14(22)12-4-2-8-24-12/h2,4,8,11H,1,3,5-7,9-10H2,(H,19,21). The van der Waals surface area contributed by atoms with Crippen molar-refractivity contribution in [1.82, 2.24) is 10.2 Å². The fourth-order valence-electron chi connectivity index (χ4n) is 2.51. The van der Waals surface area contributed by atoms with Gasteiger partial charge < -0.3 is 15.0 Å². The van der Waals surface area contributed by atoms with Crippen LogP contribution in [0.15, 0.2) is 17.5 Å². The monoisotopic (exact) mass is 364 g/mol. The van der Waals surface area contributed by atoms with Crippen molar-refractivity contribution in [1.29, 1.82) is 0 Å². The minimum atomic E-state index is -4.37. The third kappa shape index (κ3) is 5.79. The van der Waals surface area contributed by atoms with Crippen LogP contribution >= 0.6 is 11.3 Å². The number of amides is 2. The largest absolute Gasteiger partial charge is 0.411 e. The first kappa shape index (κ1) is 18.7. The summed E-state index contributed by atoms with van der Waals surface area (Å²) in [4.78, 5) is 26.7. The van der Waals surface area contributed by atoms with Crippen LogP contribution in [-0.2, 0) is 9.53 Å². The highest BCUT2D eigenvalue weighted by molar-refractivity contribution is 7.12. The third-order valence-electron chi connectivity index (χ3n) is 3.62. The Morgan fingerprint density at radius 2 is 2.21 bits per heavy atom. The second kappa shape index (κ2) is 8.48. The Bertz CT molecular complexity index is 549. The van der Waals surface area contributed by atoms with Crippen LogP contribution < -0.4 is 5.32 Å². The maximum absolute atomic E-state index is 12.3. The highest BCUT2D eigenvalue weighted by atomic mass is 32.1. The maximum Gasteiger partial charge on any atom is 0.411 e. The zero-order valence-electron chi connectivity index (χ0n) is 13.0. The first-order valence-electron chi connectivity index (χ1n) is 7.62. The molecule has 134 valence electrons. The molecule has 5 nitrogen and oxygen atoms in total. The molecule has 1 aromatic rings. The average molecular weight is 364 g/mol. The maximum atomic E-state index is 12.3. The van der Waals surface area contributed by atoms with Crippen LogP contribution in [0.1, 0.15) is 22.5 Å². The molecule has 1 fully saturated rings. The van der Waals surface area contributed by atoms with E-state index in [1.165, 1.54) is 11.3 Å². The van der Waals surface area contributed by atoms with Crippen LogP contribution in [0, 0.1) is 5.92 Å². The molecule has 1 atom stereocenters. The van der Waals surface area contributed by atoms with Crippen molar-refractivity contribution in [3.05, 3.63) is 22.4 Å². The number of thiophene rings is 1. The molecule has 0 bridgehead atoms. The Hall–Kier alpha value is -1.61. The van der Waals surface area contributed by atoms with Crippen LogP contribution in [0.2, 0.25) is 0 Å². The number of ether oxygens (including phenoxy) is 1. The Morgan fingerprint density at radius 1 is 1.42 bits per heavy atom. The van der Waals surface area contributed by atoms with Crippen molar-refractivity contribution in [2.45, 2.75) is 19.0 Å². The summed E-state index contributed by atoms with van der Waals surface area (Å²) in [6.45, 7) is -0.573. The fraction of sp³-hybridized carbons (Fsp3) is 0.600. The average Bonchev–Trinajstić information content (AvgIpc) is 3.07. The number of likely N-dealkylation sites (tertiary alicyclic amines) is 1. The number of halogens is 3. The lowest BCUT2D eigenvalue weighted by Gasteiger charge is -2.31. The van der Waals surface area contributed by atoms with Gasteiger partial charge in [-0.05, 0) is 24.3 Å². The van der Waals surface area contributed by atoms with Crippen molar-refractivity contribution >= 4 is 23.2 Å². The highest BCUT2D eigenvalue weighted by Crippen LogP contribution is 2.20. The molecule has 2 amide bonds. The minimum Gasteiger partial charge on any atom is -0.370 e. The van der Waals surface area contributed by atoms with Gasteiger partial charge in [0.25, 0.3) is 5.91 Å². The molecular weight excluding hydrogens is 345 g/mol. The van der Waals surface area contributed by atoms with Gasteiger partial charge in [-0.1, -0.05) is 6.07 Å². The summed E-state index contributed by atoms with van der Waals surface area (Å²) >= 11 is 1.36. The summed E-state index contributed by atoms with van der Waals surface area (Å²) in [6.07, 6.45) is -2.99. The van der Waals surface area contributed by atoms with Crippen LogP contribution in [0.3, 0.4) is 0 Å². The normalized spacial score (nSPS) is 18.5. The van der Waals surface area contributed by atoms with E-state index in [1.54, 1.807) is 17.0 Å². The van der Waals surface area contributed by atoms with Gasteiger partial charge in [-0.25, -0.2) is 0 Å². The number of rotatable bonds is 6. The van der Waals surface area contributed by atoms with Gasteiger partial charge in [0.05, 0.1) is 17.4 Å². The summed E-state index contributed by atoms with van der Waals surface area (Å²) in [6, 6.07) is 3.54. The van der Waals surface area contributed by atoms with Crippen molar-refractivity contribution in [3.63, 3.8) is 0 Å². The molecule has 0 spiro atoms. The van der Waals surface area contributed by atoms with Gasteiger partial charge in [0.1, 0.15) is 6.61 Å². The molecule has 1 aromatic heterocycles. The lowest BCUT2D eigenvalue weighted by atomic mass is 9.97. The summed E-state index contributed by atoms with van der Waals surface area (Å²) in [5.74, 6) is -0.685. The van der Waals surface area contributed by atoms with E-state index in [4.69, 9.17) is 0 Å². The molecule has 24 heavy (non-hydrogen) atoms. The van der Waals surface area contributed by atoms with E-state index in [-0.39, 0.29) is 30.9 Å². The third-order valence-corrected chi connectivity index (χ3v) is 4.48. The Kier molecular flexibility index (Phi) is 6.61. The first-order chi connectivity index (χ1) is 11.4. The highest BCUT2D eigenvalue weighted by Gasteiger charge is 2.29. The molecule has 1 saturated heterocycles. The molecule has 1 aliphatic rings.